The standard InChI is InChI=1S/C38H50N2O4/c1-4-6-8-10-11-12-13-14-16-30-42-35-24-18-32(19-25-35)38(41)44-37-28-22-34(23-29-37)40-39-33-20-26-36(27-21-33)43-31(3)17-15-9-7-5-2/h4,18-29,31H,1,5-17,30H2,2-3H3/t31-/m0/s1. The quantitative estimate of drug-likeness (QED) is 0.0379. The van der Waals surface area contributed by atoms with Crippen LogP contribution in [-0.4, -0.2) is 18.7 Å². The smallest absolute Gasteiger partial charge is 0.343 e. The number of ether oxygens (including phenoxy) is 3. The zero-order valence-corrected chi connectivity index (χ0v) is 26.7. The fourth-order valence-corrected chi connectivity index (χ4v) is 4.76. The van der Waals surface area contributed by atoms with Gasteiger partial charge in [-0.05, 0) is 112 Å². The highest BCUT2D eigenvalue weighted by Crippen LogP contribution is 2.25. The number of esters is 1. The van der Waals surface area contributed by atoms with E-state index in [9.17, 15) is 4.79 Å². The number of nitrogens with zero attached hydrogens (tertiary/aromatic N) is 2. The molecule has 3 aromatic carbocycles. The summed E-state index contributed by atoms with van der Waals surface area (Å²) in [4.78, 5) is 12.6. The van der Waals surface area contributed by atoms with E-state index in [-0.39, 0.29) is 6.10 Å². The maximum atomic E-state index is 12.6. The zero-order chi connectivity index (χ0) is 31.2. The highest BCUT2D eigenvalue weighted by atomic mass is 16.5. The summed E-state index contributed by atoms with van der Waals surface area (Å²) >= 11 is 0. The van der Waals surface area contributed by atoms with Gasteiger partial charge < -0.3 is 14.2 Å². The molecule has 0 aliphatic rings. The van der Waals surface area contributed by atoms with Crippen LogP contribution in [0.1, 0.15) is 108 Å². The fraction of sp³-hybridized carbons (Fsp3) is 0.447. The van der Waals surface area contributed by atoms with Gasteiger partial charge in [-0.25, -0.2) is 4.79 Å². The maximum Gasteiger partial charge on any atom is 0.343 e. The van der Waals surface area contributed by atoms with Crippen molar-refractivity contribution in [3.8, 4) is 17.2 Å². The van der Waals surface area contributed by atoms with Crippen molar-refractivity contribution in [2.45, 2.75) is 103 Å². The lowest BCUT2D eigenvalue weighted by molar-refractivity contribution is 0.0734. The molecule has 0 fully saturated rings. The van der Waals surface area contributed by atoms with Crippen LogP contribution in [0.25, 0.3) is 0 Å². The summed E-state index contributed by atoms with van der Waals surface area (Å²) in [7, 11) is 0. The number of benzene rings is 3. The van der Waals surface area contributed by atoms with Gasteiger partial charge >= 0.3 is 5.97 Å². The van der Waals surface area contributed by atoms with Gasteiger partial charge in [0, 0.05) is 0 Å². The van der Waals surface area contributed by atoms with Gasteiger partial charge in [0.25, 0.3) is 0 Å². The summed E-state index contributed by atoms with van der Waals surface area (Å²) in [6, 6.07) is 21.7. The number of carbonyl (C=O) groups excluding carboxylic acids is 1. The third-order valence-corrected chi connectivity index (χ3v) is 7.38. The monoisotopic (exact) mass is 598 g/mol. The lowest BCUT2D eigenvalue weighted by atomic mass is 10.1. The molecule has 3 rings (SSSR count). The van der Waals surface area contributed by atoms with Crippen LogP contribution >= 0.6 is 0 Å². The second-order valence-corrected chi connectivity index (χ2v) is 11.3. The Morgan fingerprint density at radius 1 is 0.705 bits per heavy atom. The van der Waals surface area contributed by atoms with E-state index in [1.54, 1.807) is 36.4 Å². The third kappa shape index (κ3) is 14.0. The van der Waals surface area contributed by atoms with Crippen LogP contribution in [0.2, 0.25) is 0 Å². The average Bonchev–Trinajstić information content (AvgIpc) is 3.04. The summed E-state index contributed by atoms with van der Waals surface area (Å²) in [5.74, 6) is 1.62. The SMILES string of the molecule is C=CCCCCCCCCCOc1ccc(C(=O)Oc2ccc(N=Nc3ccc(O[C@@H](C)CCCCCC)cc3)cc2)cc1. The van der Waals surface area contributed by atoms with Gasteiger partial charge in [-0.2, -0.15) is 10.2 Å². The Balaban J connectivity index is 1.35. The van der Waals surface area contributed by atoms with Crippen molar-refractivity contribution in [3.63, 3.8) is 0 Å². The Morgan fingerprint density at radius 3 is 1.86 bits per heavy atom. The molecule has 236 valence electrons. The lowest BCUT2D eigenvalue weighted by Gasteiger charge is -2.14. The van der Waals surface area contributed by atoms with Gasteiger partial charge in [0.2, 0.25) is 0 Å². The van der Waals surface area contributed by atoms with Crippen molar-refractivity contribution in [2.75, 3.05) is 6.61 Å². The zero-order valence-electron chi connectivity index (χ0n) is 26.7. The molecule has 6 heteroatoms. The van der Waals surface area contributed by atoms with Crippen LogP contribution in [0.5, 0.6) is 17.2 Å². The normalized spacial score (nSPS) is 11.8. The largest absolute Gasteiger partial charge is 0.494 e. The Morgan fingerprint density at radius 2 is 1.25 bits per heavy atom. The molecule has 0 aliphatic heterocycles. The molecule has 0 unspecified atom stereocenters. The molecular formula is C38H50N2O4. The summed E-state index contributed by atoms with van der Waals surface area (Å²) in [5, 5.41) is 8.61. The van der Waals surface area contributed by atoms with Crippen molar-refractivity contribution < 1.29 is 19.0 Å². The summed E-state index contributed by atoms with van der Waals surface area (Å²) < 4.78 is 17.4. The summed E-state index contributed by atoms with van der Waals surface area (Å²) in [5.41, 5.74) is 1.87. The van der Waals surface area contributed by atoms with Gasteiger partial charge in [-0.1, -0.05) is 64.4 Å². The minimum Gasteiger partial charge on any atom is -0.494 e. The molecule has 0 aromatic heterocycles. The molecule has 6 nitrogen and oxygen atoms in total. The Kier molecular flexibility index (Phi) is 16.4. The fourth-order valence-electron chi connectivity index (χ4n) is 4.76. The molecule has 0 saturated carbocycles. The first-order chi connectivity index (χ1) is 21.6. The molecule has 0 heterocycles. The lowest BCUT2D eigenvalue weighted by Crippen LogP contribution is -2.11. The second-order valence-electron chi connectivity index (χ2n) is 11.3. The number of unbranched alkanes of at least 4 members (excludes halogenated alkanes) is 10. The summed E-state index contributed by atoms with van der Waals surface area (Å²) in [6.07, 6.45) is 17.9. The molecule has 0 radical (unpaired) electrons. The average molecular weight is 599 g/mol. The molecule has 3 aromatic rings. The van der Waals surface area contributed by atoms with E-state index < -0.39 is 5.97 Å². The van der Waals surface area contributed by atoms with Gasteiger partial charge in [0.15, 0.2) is 0 Å². The van der Waals surface area contributed by atoms with Gasteiger partial charge in [-0.3, -0.25) is 0 Å². The highest BCUT2D eigenvalue weighted by Gasteiger charge is 2.09. The maximum absolute atomic E-state index is 12.6. The predicted octanol–water partition coefficient (Wildman–Crippen LogP) is 11.7. The third-order valence-electron chi connectivity index (χ3n) is 7.38. The molecule has 0 N–H and O–H groups in total. The minimum atomic E-state index is -0.420. The topological polar surface area (TPSA) is 69.5 Å². The highest BCUT2D eigenvalue weighted by molar-refractivity contribution is 5.91. The van der Waals surface area contributed by atoms with Crippen LogP contribution in [0.15, 0.2) is 95.7 Å². The number of hydrogen-bond acceptors (Lipinski definition) is 6. The second kappa shape index (κ2) is 20.9. The van der Waals surface area contributed by atoms with E-state index in [1.807, 2.05) is 42.5 Å². The number of rotatable bonds is 22. The predicted molar refractivity (Wildman–Crippen MR) is 180 cm³/mol. The van der Waals surface area contributed by atoms with Crippen LogP contribution in [-0.2, 0) is 0 Å². The molecular weight excluding hydrogens is 548 g/mol. The molecule has 0 spiro atoms. The Bertz CT molecular complexity index is 1240. The van der Waals surface area contributed by atoms with Crippen LogP contribution < -0.4 is 14.2 Å². The first kappa shape index (κ1) is 34.6. The van der Waals surface area contributed by atoms with Crippen molar-refractivity contribution >= 4 is 17.3 Å². The molecule has 1 atom stereocenters. The number of hydrogen-bond donors (Lipinski definition) is 0. The number of azo groups is 1. The number of carbonyl (C=O) groups is 1. The van der Waals surface area contributed by atoms with E-state index in [0.717, 1.165) is 36.4 Å². The van der Waals surface area contributed by atoms with E-state index in [0.29, 0.717) is 23.6 Å². The van der Waals surface area contributed by atoms with Crippen molar-refractivity contribution in [1.82, 2.24) is 0 Å². The Labute approximate surface area is 264 Å². The van der Waals surface area contributed by atoms with Gasteiger partial charge in [0.1, 0.15) is 17.2 Å². The van der Waals surface area contributed by atoms with Crippen LogP contribution in [0, 0.1) is 0 Å². The van der Waals surface area contributed by atoms with Gasteiger partial charge in [-0.15, -0.1) is 6.58 Å². The Hall–Kier alpha value is -3.93. The molecule has 0 aliphatic carbocycles. The van der Waals surface area contributed by atoms with Crippen molar-refractivity contribution in [1.29, 1.82) is 0 Å². The van der Waals surface area contributed by atoms with E-state index in [4.69, 9.17) is 14.2 Å². The summed E-state index contributed by atoms with van der Waals surface area (Å²) in [6.45, 7) is 8.79. The molecule has 0 saturated heterocycles. The molecule has 0 bridgehead atoms. The first-order valence-corrected chi connectivity index (χ1v) is 16.4. The van der Waals surface area contributed by atoms with E-state index in [1.165, 1.54) is 64.2 Å². The number of allylic oxidation sites excluding steroid dienone is 1. The van der Waals surface area contributed by atoms with E-state index in [2.05, 4.69) is 30.7 Å². The van der Waals surface area contributed by atoms with Crippen molar-refractivity contribution in [2.24, 2.45) is 10.2 Å². The van der Waals surface area contributed by atoms with Crippen LogP contribution in [0.3, 0.4) is 0 Å². The van der Waals surface area contributed by atoms with Crippen molar-refractivity contribution in [3.05, 3.63) is 91.0 Å². The van der Waals surface area contributed by atoms with E-state index >= 15 is 0 Å². The van der Waals surface area contributed by atoms with Gasteiger partial charge in [0.05, 0.1) is 29.6 Å². The molecule has 44 heavy (non-hydrogen) atoms. The van der Waals surface area contributed by atoms with Crippen LogP contribution in [0.4, 0.5) is 11.4 Å². The first-order valence-electron chi connectivity index (χ1n) is 16.4. The minimum absolute atomic E-state index is 0.192. The molecule has 0 amide bonds.